The molecule has 0 unspecified atom stereocenters. The van der Waals surface area contributed by atoms with Crippen LogP contribution in [0.2, 0.25) is 5.02 Å². The maximum absolute atomic E-state index is 12.1. The number of thiocarbonyl (C=S) groups is 1. The molecule has 3 aromatic rings. The van der Waals surface area contributed by atoms with Crippen molar-refractivity contribution in [2.24, 2.45) is 0 Å². The second-order valence-corrected chi connectivity index (χ2v) is 5.77. The molecule has 2 aromatic carbocycles. The molecule has 3 rings (SSSR count). The molecule has 0 saturated heterocycles. The highest BCUT2D eigenvalue weighted by Crippen LogP contribution is 2.13. The van der Waals surface area contributed by atoms with Gasteiger partial charge in [0.05, 0.1) is 5.52 Å². The Morgan fingerprint density at radius 2 is 1.71 bits per heavy atom. The van der Waals surface area contributed by atoms with Crippen LogP contribution < -0.4 is 16.2 Å². The van der Waals surface area contributed by atoms with E-state index in [9.17, 15) is 4.79 Å². The largest absolute Gasteiger partial charge is 0.331 e. The second kappa shape index (κ2) is 7.25. The van der Waals surface area contributed by atoms with Gasteiger partial charge in [-0.25, -0.2) is 4.98 Å². The number of aromatic nitrogens is 1. The van der Waals surface area contributed by atoms with E-state index in [0.717, 1.165) is 16.6 Å². The fraction of sp³-hybridized carbons (Fsp3) is 0. The summed E-state index contributed by atoms with van der Waals surface area (Å²) in [6.07, 6.45) is 0. The average Bonchev–Trinajstić information content (AvgIpc) is 2.61. The van der Waals surface area contributed by atoms with Crippen LogP contribution in [0, 0.1) is 0 Å². The molecular formula is C17H13ClN4OS. The van der Waals surface area contributed by atoms with Crippen LogP contribution in [0.5, 0.6) is 0 Å². The lowest BCUT2D eigenvalue weighted by Gasteiger charge is -2.11. The van der Waals surface area contributed by atoms with E-state index in [1.807, 2.05) is 30.3 Å². The number of hydrogen-bond acceptors (Lipinski definition) is 3. The minimum Gasteiger partial charge on any atom is -0.331 e. The minimum absolute atomic E-state index is 0.256. The molecule has 3 N–H and O–H groups in total. The van der Waals surface area contributed by atoms with E-state index in [-0.39, 0.29) is 11.0 Å². The summed E-state index contributed by atoms with van der Waals surface area (Å²) in [5.41, 5.74) is 6.97. The second-order valence-electron chi connectivity index (χ2n) is 4.93. The van der Waals surface area contributed by atoms with Crippen molar-refractivity contribution in [3.05, 3.63) is 71.4 Å². The molecule has 1 amide bonds. The van der Waals surface area contributed by atoms with Gasteiger partial charge in [0, 0.05) is 16.1 Å². The quantitative estimate of drug-likeness (QED) is 0.484. The Balaban J connectivity index is 1.59. The van der Waals surface area contributed by atoms with Gasteiger partial charge in [0.25, 0.3) is 5.91 Å². The van der Waals surface area contributed by atoms with Gasteiger partial charge >= 0.3 is 0 Å². The van der Waals surface area contributed by atoms with Crippen molar-refractivity contribution in [3.8, 4) is 0 Å². The first-order valence-electron chi connectivity index (χ1n) is 7.10. The number of para-hydroxylation sites is 1. The summed E-state index contributed by atoms with van der Waals surface area (Å²) in [5, 5.41) is 4.80. The normalized spacial score (nSPS) is 10.2. The number of anilines is 1. The number of fused-ring (bicyclic) bond motifs is 1. The number of hydrogen-bond donors (Lipinski definition) is 3. The van der Waals surface area contributed by atoms with Crippen LogP contribution in [-0.2, 0) is 0 Å². The van der Waals surface area contributed by atoms with E-state index >= 15 is 0 Å². The van der Waals surface area contributed by atoms with Gasteiger partial charge < -0.3 is 5.32 Å². The summed E-state index contributed by atoms with van der Waals surface area (Å²) in [6.45, 7) is 0. The van der Waals surface area contributed by atoms with E-state index in [2.05, 4.69) is 21.2 Å². The number of nitrogens with zero attached hydrogens (tertiary/aromatic N) is 1. The van der Waals surface area contributed by atoms with E-state index in [1.54, 1.807) is 30.3 Å². The lowest BCUT2D eigenvalue weighted by molar-refractivity contribution is 0.0939. The van der Waals surface area contributed by atoms with Crippen molar-refractivity contribution < 1.29 is 4.79 Å². The highest BCUT2D eigenvalue weighted by atomic mass is 35.5. The Labute approximate surface area is 149 Å². The first-order chi connectivity index (χ1) is 11.6. The molecule has 1 heterocycles. The van der Waals surface area contributed by atoms with Gasteiger partial charge in [0.15, 0.2) is 5.11 Å². The van der Waals surface area contributed by atoms with Crippen LogP contribution in [0.1, 0.15) is 10.5 Å². The molecule has 0 radical (unpaired) electrons. The zero-order valence-corrected chi connectivity index (χ0v) is 14.0. The molecule has 1 aromatic heterocycles. The van der Waals surface area contributed by atoms with E-state index < -0.39 is 0 Å². The van der Waals surface area contributed by atoms with Gasteiger partial charge in [0.1, 0.15) is 5.69 Å². The van der Waals surface area contributed by atoms with Crippen molar-refractivity contribution in [2.75, 3.05) is 5.32 Å². The van der Waals surface area contributed by atoms with Gasteiger partial charge in [-0.3, -0.25) is 15.6 Å². The third-order valence-electron chi connectivity index (χ3n) is 3.22. The number of halogens is 1. The molecule has 5 nitrogen and oxygen atoms in total. The third kappa shape index (κ3) is 3.98. The molecule has 0 aliphatic heterocycles. The van der Waals surface area contributed by atoms with Crippen molar-refractivity contribution in [2.45, 2.75) is 0 Å². The standard InChI is InChI=1S/C17H13ClN4OS/c18-12-6-8-13(9-7-12)19-17(24)22-21-16(23)15-10-5-11-3-1-2-4-14(11)20-15/h1-10H,(H,21,23)(H2,19,22,24). The Morgan fingerprint density at radius 3 is 2.50 bits per heavy atom. The average molecular weight is 357 g/mol. The van der Waals surface area contributed by atoms with Gasteiger partial charge in [-0.05, 0) is 48.6 Å². The summed E-state index contributed by atoms with van der Waals surface area (Å²) in [4.78, 5) is 16.5. The fourth-order valence-corrected chi connectivity index (χ4v) is 2.36. The fourth-order valence-electron chi connectivity index (χ4n) is 2.07. The number of carbonyl (C=O) groups excluding carboxylic acids is 1. The van der Waals surface area contributed by atoms with Gasteiger partial charge in [0.2, 0.25) is 0 Å². The predicted octanol–water partition coefficient (Wildman–Crippen LogP) is 3.52. The number of hydrazine groups is 1. The molecule has 0 saturated carbocycles. The van der Waals surface area contributed by atoms with Crippen LogP contribution in [0.15, 0.2) is 60.7 Å². The Bertz CT molecular complexity index is 898. The smallest absolute Gasteiger partial charge is 0.288 e. The number of rotatable bonds is 2. The van der Waals surface area contributed by atoms with Crippen molar-refractivity contribution in [1.82, 2.24) is 15.8 Å². The monoisotopic (exact) mass is 356 g/mol. The molecule has 24 heavy (non-hydrogen) atoms. The Kier molecular flexibility index (Phi) is 4.88. The topological polar surface area (TPSA) is 66.1 Å². The van der Waals surface area contributed by atoms with Gasteiger partial charge in [-0.15, -0.1) is 0 Å². The van der Waals surface area contributed by atoms with Crippen molar-refractivity contribution in [3.63, 3.8) is 0 Å². The molecular weight excluding hydrogens is 344 g/mol. The first-order valence-corrected chi connectivity index (χ1v) is 7.89. The van der Waals surface area contributed by atoms with Crippen LogP contribution >= 0.6 is 23.8 Å². The first kappa shape index (κ1) is 16.2. The summed E-state index contributed by atoms with van der Waals surface area (Å²) < 4.78 is 0. The molecule has 120 valence electrons. The molecule has 0 bridgehead atoms. The summed E-state index contributed by atoms with van der Waals surface area (Å²) in [5.74, 6) is -0.374. The summed E-state index contributed by atoms with van der Waals surface area (Å²) >= 11 is 10.9. The zero-order chi connectivity index (χ0) is 16.9. The van der Waals surface area contributed by atoms with Gasteiger partial charge in [-0.2, -0.15) is 0 Å². The number of pyridine rings is 1. The predicted molar refractivity (Wildman–Crippen MR) is 100 cm³/mol. The molecule has 7 heteroatoms. The summed E-state index contributed by atoms with van der Waals surface area (Å²) in [7, 11) is 0. The summed E-state index contributed by atoms with van der Waals surface area (Å²) in [6, 6.07) is 18.1. The van der Waals surface area contributed by atoms with E-state index in [0.29, 0.717) is 10.7 Å². The highest BCUT2D eigenvalue weighted by molar-refractivity contribution is 7.80. The highest BCUT2D eigenvalue weighted by Gasteiger charge is 2.08. The molecule has 0 atom stereocenters. The number of nitrogens with one attached hydrogen (secondary N) is 3. The zero-order valence-electron chi connectivity index (χ0n) is 12.4. The number of benzene rings is 2. The van der Waals surface area contributed by atoms with E-state index in [1.165, 1.54) is 0 Å². The third-order valence-corrected chi connectivity index (χ3v) is 3.68. The van der Waals surface area contributed by atoms with Crippen LogP contribution in [-0.4, -0.2) is 16.0 Å². The number of amides is 1. The molecule has 0 fully saturated rings. The van der Waals surface area contributed by atoms with Crippen molar-refractivity contribution in [1.29, 1.82) is 0 Å². The van der Waals surface area contributed by atoms with E-state index in [4.69, 9.17) is 23.8 Å². The SMILES string of the molecule is O=C(NNC(=S)Nc1ccc(Cl)cc1)c1ccc2ccccc2n1. The van der Waals surface area contributed by atoms with Crippen molar-refractivity contribution >= 4 is 51.4 Å². The minimum atomic E-state index is -0.374. The molecule has 0 aliphatic carbocycles. The van der Waals surface area contributed by atoms with Crippen LogP contribution in [0.25, 0.3) is 10.9 Å². The Morgan fingerprint density at radius 1 is 0.958 bits per heavy atom. The lowest BCUT2D eigenvalue weighted by Crippen LogP contribution is -2.44. The maximum atomic E-state index is 12.1. The number of carbonyl (C=O) groups is 1. The maximum Gasteiger partial charge on any atom is 0.288 e. The van der Waals surface area contributed by atoms with Crippen LogP contribution in [0.3, 0.4) is 0 Å². The molecule has 0 aliphatic rings. The molecule has 0 spiro atoms. The van der Waals surface area contributed by atoms with Crippen LogP contribution in [0.4, 0.5) is 5.69 Å². The Hall–Kier alpha value is -2.70. The lowest BCUT2D eigenvalue weighted by atomic mass is 10.2. The van der Waals surface area contributed by atoms with Gasteiger partial charge in [-0.1, -0.05) is 35.9 Å².